The predicted octanol–water partition coefficient (Wildman–Crippen LogP) is 2.71. The van der Waals surface area contributed by atoms with Crippen molar-refractivity contribution in [2.24, 2.45) is 0 Å². The number of benzene rings is 1. The summed E-state index contributed by atoms with van der Waals surface area (Å²) in [5.41, 5.74) is 1.92. The molecule has 4 rings (SSSR count). The van der Waals surface area contributed by atoms with Gasteiger partial charge in [-0.1, -0.05) is 30.0 Å². The van der Waals surface area contributed by atoms with Crippen molar-refractivity contribution in [1.82, 2.24) is 15.2 Å². The third-order valence-electron chi connectivity index (χ3n) is 2.96. The first-order valence-corrected chi connectivity index (χ1v) is 7.03. The standard InChI is InChI=1S/C13H11N3O2S/c1-2-4-10-8(3-1)5-11(14-10)12-15-16-13(18-12)19-7-9-6-17-9/h1-5,9,14H,6-7H2. The molecule has 96 valence electrons. The van der Waals surface area contributed by atoms with Gasteiger partial charge in [-0.25, -0.2) is 0 Å². The van der Waals surface area contributed by atoms with E-state index in [2.05, 4.69) is 15.2 Å². The van der Waals surface area contributed by atoms with Gasteiger partial charge in [0.2, 0.25) is 0 Å². The van der Waals surface area contributed by atoms with Crippen LogP contribution in [0.2, 0.25) is 0 Å². The van der Waals surface area contributed by atoms with Crippen molar-refractivity contribution in [3.05, 3.63) is 30.3 Å². The van der Waals surface area contributed by atoms with Crippen molar-refractivity contribution in [3.8, 4) is 11.6 Å². The van der Waals surface area contributed by atoms with Gasteiger partial charge in [-0.15, -0.1) is 10.2 Å². The van der Waals surface area contributed by atoms with E-state index in [0.717, 1.165) is 29.0 Å². The Kier molecular flexibility index (Phi) is 2.56. The van der Waals surface area contributed by atoms with Crippen molar-refractivity contribution in [3.63, 3.8) is 0 Å². The van der Waals surface area contributed by atoms with E-state index >= 15 is 0 Å². The van der Waals surface area contributed by atoms with E-state index in [4.69, 9.17) is 9.15 Å². The van der Waals surface area contributed by atoms with Crippen molar-refractivity contribution >= 4 is 22.7 Å². The van der Waals surface area contributed by atoms with Gasteiger partial charge in [0, 0.05) is 16.7 Å². The number of ether oxygens (including phenoxy) is 1. The van der Waals surface area contributed by atoms with Crippen LogP contribution in [0.15, 0.2) is 40.0 Å². The van der Waals surface area contributed by atoms with E-state index in [9.17, 15) is 0 Å². The van der Waals surface area contributed by atoms with Crippen LogP contribution in [-0.2, 0) is 4.74 Å². The zero-order valence-electron chi connectivity index (χ0n) is 10.00. The van der Waals surface area contributed by atoms with E-state index in [1.165, 1.54) is 11.8 Å². The average molecular weight is 273 g/mol. The number of hydrogen-bond donors (Lipinski definition) is 1. The number of aromatic amines is 1. The molecular formula is C13H11N3O2S. The summed E-state index contributed by atoms with van der Waals surface area (Å²) in [5.74, 6) is 1.39. The topological polar surface area (TPSA) is 67.2 Å². The lowest BCUT2D eigenvalue weighted by Crippen LogP contribution is -1.87. The maximum atomic E-state index is 5.63. The highest BCUT2D eigenvalue weighted by Gasteiger charge is 2.23. The molecule has 1 atom stereocenters. The van der Waals surface area contributed by atoms with Crippen LogP contribution in [0.25, 0.3) is 22.5 Å². The quantitative estimate of drug-likeness (QED) is 0.584. The van der Waals surface area contributed by atoms with Crippen molar-refractivity contribution < 1.29 is 9.15 Å². The van der Waals surface area contributed by atoms with Gasteiger partial charge in [0.25, 0.3) is 11.1 Å². The van der Waals surface area contributed by atoms with Gasteiger partial charge in [-0.2, -0.15) is 0 Å². The predicted molar refractivity (Wildman–Crippen MR) is 72.1 cm³/mol. The van der Waals surface area contributed by atoms with Gasteiger partial charge < -0.3 is 14.1 Å². The maximum Gasteiger partial charge on any atom is 0.277 e. The second-order valence-electron chi connectivity index (χ2n) is 4.41. The number of hydrogen-bond acceptors (Lipinski definition) is 5. The molecule has 1 aliphatic heterocycles. The average Bonchev–Trinajstić information content (AvgIpc) is 2.99. The summed E-state index contributed by atoms with van der Waals surface area (Å²) in [6.07, 6.45) is 0.355. The van der Waals surface area contributed by atoms with Gasteiger partial charge in [-0.3, -0.25) is 0 Å². The summed E-state index contributed by atoms with van der Waals surface area (Å²) >= 11 is 1.53. The number of fused-ring (bicyclic) bond motifs is 1. The Morgan fingerprint density at radius 3 is 3.05 bits per heavy atom. The zero-order valence-corrected chi connectivity index (χ0v) is 10.8. The molecule has 5 nitrogen and oxygen atoms in total. The number of rotatable bonds is 4. The Balaban J connectivity index is 1.60. The van der Waals surface area contributed by atoms with Crippen LogP contribution in [0.5, 0.6) is 0 Å². The molecule has 6 heteroatoms. The number of nitrogens with one attached hydrogen (secondary N) is 1. The van der Waals surface area contributed by atoms with E-state index in [1.807, 2.05) is 30.3 Å². The minimum atomic E-state index is 0.355. The van der Waals surface area contributed by atoms with Gasteiger partial charge in [0.15, 0.2) is 0 Å². The van der Waals surface area contributed by atoms with E-state index in [1.54, 1.807) is 0 Å². The van der Waals surface area contributed by atoms with Gasteiger partial charge >= 0.3 is 0 Å². The Morgan fingerprint density at radius 1 is 1.32 bits per heavy atom. The van der Waals surface area contributed by atoms with Crippen LogP contribution in [-0.4, -0.2) is 33.6 Å². The molecular weight excluding hydrogens is 262 g/mol. The molecule has 1 N–H and O–H groups in total. The van der Waals surface area contributed by atoms with Crippen LogP contribution < -0.4 is 0 Å². The molecule has 1 saturated heterocycles. The van der Waals surface area contributed by atoms with Crippen LogP contribution in [0, 0.1) is 0 Å². The van der Waals surface area contributed by atoms with Gasteiger partial charge in [0.1, 0.15) is 5.69 Å². The summed E-state index contributed by atoms with van der Waals surface area (Å²) in [5, 5.41) is 9.83. The third-order valence-corrected chi connectivity index (χ3v) is 3.91. The van der Waals surface area contributed by atoms with Crippen molar-refractivity contribution in [1.29, 1.82) is 0 Å². The van der Waals surface area contributed by atoms with Crippen molar-refractivity contribution in [2.75, 3.05) is 12.4 Å². The van der Waals surface area contributed by atoms with Gasteiger partial charge in [-0.05, 0) is 12.1 Å². The smallest absolute Gasteiger partial charge is 0.277 e. The minimum absolute atomic E-state index is 0.355. The fourth-order valence-corrected chi connectivity index (χ4v) is 2.65. The van der Waals surface area contributed by atoms with Gasteiger partial charge in [0.05, 0.1) is 12.7 Å². The first kappa shape index (κ1) is 11.1. The molecule has 1 fully saturated rings. The largest absolute Gasteiger partial charge is 0.410 e. The number of nitrogens with zero attached hydrogens (tertiary/aromatic N) is 2. The second-order valence-corrected chi connectivity index (χ2v) is 5.38. The van der Waals surface area contributed by atoms with E-state index in [-0.39, 0.29) is 0 Å². The molecule has 0 amide bonds. The molecule has 1 unspecified atom stereocenters. The highest BCUT2D eigenvalue weighted by atomic mass is 32.2. The lowest BCUT2D eigenvalue weighted by Gasteiger charge is -1.90. The fourth-order valence-electron chi connectivity index (χ4n) is 1.89. The van der Waals surface area contributed by atoms with E-state index < -0.39 is 0 Å². The number of aromatic nitrogens is 3. The molecule has 1 aliphatic rings. The van der Waals surface area contributed by atoms with Crippen LogP contribution in [0.1, 0.15) is 0 Å². The molecule has 0 saturated carbocycles. The van der Waals surface area contributed by atoms with Crippen LogP contribution in [0.3, 0.4) is 0 Å². The maximum absolute atomic E-state index is 5.63. The number of H-pyrrole nitrogens is 1. The molecule has 0 spiro atoms. The lowest BCUT2D eigenvalue weighted by molar-refractivity contribution is 0.424. The first-order chi connectivity index (χ1) is 9.38. The van der Waals surface area contributed by atoms with Crippen molar-refractivity contribution in [2.45, 2.75) is 11.3 Å². The normalized spacial score (nSPS) is 18.0. The Morgan fingerprint density at radius 2 is 2.21 bits per heavy atom. The summed E-state index contributed by atoms with van der Waals surface area (Å²) in [6.45, 7) is 0.843. The fraction of sp³-hybridized carbons (Fsp3) is 0.231. The molecule has 0 radical (unpaired) electrons. The molecule has 3 aromatic rings. The Bertz CT molecular complexity index is 684. The second kappa shape index (κ2) is 4.40. The SMILES string of the molecule is c1ccc2[nH]c(-c3nnc(SCC4CO4)o3)cc2c1. The summed E-state index contributed by atoms with van der Waals surface area (Å²) in [7, 11) is 0. The van der Waals surface area contributed by atoms with E-state index in [0.29, 0.717) is 17.2 Å². The first-order valence-electron chi connectivity index (χ1n) is 6.04. The number of thioether (sulfide) groups is 1. The summed E-state index contributed by atoms with van der Waals surface area (Å²) < 4.78 is 10.8. The third kappa shape index (κ3) is 2.24. The molecule has 19 heavy (non-hydrogen) atoms. The monoisotopic (exact) mass is 273 g/mol. The number of epoxide rings is 1. The summed E-state index contributed by atoms with van der Waals surface area (Å²) in [6, 6.07) is 10.1. The highest BCUT2D eigenvalue weighted by Crippen LogP contribution is 2.27. The molecule has 3 heterocycles. The molecule has 1 aromatic carbocycles. The molecule has 2 aromatic heterocycles. The summed E-state index contributed by atoms with van der Waals surface area (Å²) in [4.78, 5) is 3.27. The van der Waals surface area contributed by atoms with Crippen LogP contribution in [0.4, 0.5) is 0 Å². The number of para-hydroxylation sites is 1. The minimum Gasteiger partial charge on any atom is -0.410 e. The zero-order chi connectivity index (χ0) is 12.7. The van der Waals surface area contributed by atoms with Crippen LogP contribution >= 0.6 is 11.8 Å². The Hall–Kier alpha value is -1.79. The lowest BCUT2D eigenvalue weighted by atomic mass is 10.2. The molecule has 0 bridgehead atoms. The Labute approximate surface area is 113 Å². The molecule has 0 aliphatic carbocycles. The highest BCUT2D eigenvalue weighted by molar-refractivity contribution is 7.99.